The first kappa shape index (κ1) is 14.0. The van der Waals surface area contributed by atoms with Crippen LogP contribution in [0.15, 0.2) is 22.7 Å². The number of benzene rings is 1. The van der Waals surface area contributed by atoms with Crippen LogP contribution in [-0.4, -0.2) is 23.9 Å². The first-order valence-corrected chi connectivity index (χ1v) is 7.00. The van der Waals surface area contributed by atoms with Crippen molar-refractivity contribution < 1.29 is 14.2 Å². The van der Waals surface area contributed by atoms with E-state index >= 15 is 0 Å². The summed E-state index contributed by atoms with van der Waals surface area (Å²) in [6.45, 7) is 0. The van der Waals surface area contributed by atoms with E-state index in [4.69, 9.17) is 4.74 Å². The van der Waals surface area contributed by atoms with E-state index in [0.29, 0.717) is 17.3 Å². The molecule has 0 spiro atoms. The number of rotatable bonds is 5. The average molecular weight is 317 g/mol. The Hall–Kier alpha value is -0.450. The number of ether oxygens (including phenoxy) is 1. The highest BCUT2D eigenvalue weighted by molar-refractivity contribution is 9.10. The van der Waals surface area contributed by atoms with Gasteiger partial charge in [-0.05, 0) is 49.4 Å². The van der Waals surface area contributed by atoms with Crippen LogP contribution in [0.2, 0.25) is 0 Å². The van der Waals surface area contributed by atoms with Gasteiger partial charge in [0.05, 0.1) is 11.7 Å². The molecule has 4 heteroatoms. The average Bonchev–Trinajstić information content (AvgIpc) is 2.21. The van der Waals surface area contributed by atoms with E-state index in [1.807, 2.05) is 6.07 Å². The third-order valence-electron chi connectivity index (χ3n) is 3.70. The van der Waals surface area contributed by atoms with Gasteiger partial charge in [0.2, 0.25) is 0 Å². The predicted molar refractivity (Wildman–Crippen MR) is 72.0 cm³/mol. The van der Waals surface area contributed by atoms with Gasteiger partial charge in [-0.2, -0.15) is 0 Å². The van der Waals surface area contributed by atoms with Crippen molar-refractivity contribution in [2.24, 2.45) is 0 Å². The molecule has 0 bridgehead atoms. The maximum Gasteiger partial charge on any atom is 0.124 e. The standard InChI is InChI=1S/C14H18BrFO2/c1-18-14(3-2-4-14)9-13(17)7-10-5-11(15)8-12(16)6-10/h5-6,8,13,17H,2-4,7,9H2,1H3. The van der Waals surface area contributed by atoms with Crippen LogP contribution in [0.3, 0.4) is 0 Å². The summed E-state index contributed by atoms with van der Waals surface area (Å²) in [6, 6.07) is 4.72. The van der Waals surface area contributed by atoms with Gasteiger partial charge in [0.25, 0.3) is 0 Å². The van der Waals surface area contributed by atoms with E-state index in [1.165, 1.54) is 12.1 Å². The first-order chi connectivity index (χ1) is 8.53. The fraction of sp³-hybridized carbons (Fsp3) is 0.571. The van der Waals surface area contributed by atoms with Gasteiger partial charge in [0, 0.05) is 18.0 Å². The zero-order valence-electron chi connectivity index (χ0n) is 10.5. The molecule has 2 nitrogen and oxygen atoms in total. The molecule has 100 valence electrons. The summed E-state index contributed by atoms with van der Waals surface area (Å²) in [5, 5.41) is 10.1. The highest BCUT2D eigenvalue weighted by Crippen LogP contribution is 2.39. The summed E-state index contributed by atoms with van der Waals surface area (Å²) in [7, 11) is 1.70. The molecule has 1 atom stereocenters. The minimum absolute atomic E-state index is 0.149. The Morgan fingerprint density at radius 3 is 2.67 bits per heavy atom. The van der Waals surface area contributed by atoms with Crippen molar-refractivity contribution in [3.05, 3.63) is 34.1 Å². The molecule has 1 saturated carbocycles. The molecule has 0 radical (unpaired) electrons. The van der Waals surface area contributed by atoms with Crippen LogP contribution in [0.25, 0.3) is 0 Å². The Bertz CT molecular complexity index is 392. The second-order valence-electron chi connectivity index (χ2n) is 5.08. The molecule has 18 heavy (non-hydrogen) atoms. The van der Waals surface area contributed by atoms with Crippen molar-refractivity contribution in [2.45, 2.75) is 43.8 Å². The van der Waals surface area contributed by atoms with E-state index in [9.17, 15) is 9.50 Å². The number of hydrogen-bond donors (Lipinski definition) is 1. The maximum absolute atomic E-state index is 13.2. The fourth-order valence-corrected chi connectivity index (χ4v) is 3.08. The molecular formula is C14H18BrFO2. The molecule has 0 heterocycles. The molecule has 1 aromatic rings. The van der Waals surface area contributed by atoms with Gasteiger partial charge >= 0.3 is 0 Å². The third-order valence-corrected chi connectivity index (χ3v) is 4.16. The van der Waals surface area contributed by atoms with Crippen molar-refractivity contribution in [1.29, 1.82) is 0 Å². The lowest BCUT2D eigenvalue weighted by molar-refractivity contribution is -0.0989. The van der Waals surface area contributed by atoms with Crippen LogP contribution < -0.4 is 0 Å². The number of aliphatic hydroxyl groups is 1. The lowest BCUT2D eigenvalue weighted by Gasteiger charge is -2.41. The summed E-state index contributed by atoms with van der Waals surface area (Å²) in [4.78, 5) is 0. The first-order valence-electron chi connectivity index (χ1n) is 6.21. The van der Waals surface area contributed by atoms with Gasteiger partial charge in [0.15, 0.2) is 0 Å². The number of halogens is 2. The molecular weight excluding hydrogens is 299 g/mol. The lowest BCUT2D eigenvalue weighted by atomic mass is 9.75. The number of methoxy groups -OCH3 is 1. The van der Waals surface area contributed by atoms with Crippen LogP contribution in [0, 0.1) is 5.82 Å². The minimum atomic E-state index is -0.487. The SMILES string of the molecule is COC1(CC(O)Cc2cc(F)cc(Br)c2)CCC1. The number of hydrogen-bond acceptors (Lipinski definition) is 2. The molecule has 0 amide bonds. The monoisotopic (exact) mass is 316 g/mol. The van der Waals surface area contributed by atoms with E-state index < -0.39 is 6.10 Å². The van der Waals surface area contributed by atoms with Crippen LogP contribution in [0.1, 0.15) is 31.2 Å². The third kappa shape index (κ3) is 3.31. The van der Waals surface area contributed by atoms with Crippen molar-refractivity contribution in [2.75, 3.05) is 7.11 Å². The quantitative estimate of drug-likeness (QED) is 0.901. The molecule has 1 aromatic carbocycles. The molecule has 0 saturated heterocycles. The fourth-order valence-electron chi connectivity index (χ4n) is 2.57. The van der Waals surface area contributed by atoms with E-state index in [-0.39, 0.29) is 11.4 Å². The highest BCUT2D eigenvalue weighted by Gasteiger charge is 2.38. The zero-order chi connectivity index (χ0) is 13.2. The Balaban J connectivity index is 1.96. The van der Waals surface area contributed by atoms with E-state index in [0.717, 1.165) is 24.8 Å². The summed E-state index contributed by atoms with van der Waals surface area (Å²) in [5.41, 5.74) is 0.657. The summed E-state index contributed by atoms with van der Waals surface area (Å²) >= 11 is 3.26. The second-order valence-corrected chi connectivity index (χ2v) is 6.00. The molecule has 0 aromatic heterocycles. The van der Waals surface area contributed by atoms with Gasteiger partial charge in [-0.1, -0.05) is 15.9 Å². The summed E-state index contributed by atoms with van der Waals surface area (Å²) < 4.78 is 19.4. The Kier molecular flexibility index (Phi) is 4.41. The van der Waals surface area contributed by atoms with Gasteiger partial charge in [-0.25, -0.2) is 4.39 Å². The van der Waals surface area contributed by atoms with E-state index in [2.05, 4.69) is 15.9 Å². The molecule has 1 N–H and O–H groups in total. The van der Waals surface area contributed by atoms with Crippen molar-refractivity contribution in [3.8, 4) is 0 Å². The molecule has 1 aliphatic rings. The van der Waals surface area contributed by atoms with Crippen molar-refractivity contribution >= 4 is 15.9 Å². The van der Waals surface area contributed by atoms with Gasteiger partial charge in [-0.3, -0.25) is 0 Å². The van der Waals surface area contributed by atoms with Crippen molar-refractivity contribution in [3.63, 3.8) is 0 Å². The van der Waals surface area contributed by atoms with Crippen LogP contribution in [-0.2, 0) is 11.2 Å². The lowest BCUT2D eigenvalue weighted by Crippen LogP contribution is -2.42. The summed E-state index contributed by atoms with van der Waals surface area (Å²) in [5.74, 6) is -0.281. The molecule has 2 rings (SSSR count). The van der Waals surface area contributed by atoms with Gasteiger partial charge < -0.3 is 9.84 Å². The minimum Gasteiger partial charge on any atom is -0.393 e. The van der Waals surface area contributed by atoms with E-state index in [1.54, 1.807) is 7.11 Å². The Morgan fingerprint density at radius 1 is 1.44 bits per heavy atom. The largest absolute Gasteiger partial charge is 0.393 e. The number of aliphatic hydroxyl groups excluding tert-OH is 1. The zero-order valence-corrected chi connectivity index (χ0v) is 12.0. The normalized spacial score (nSPS) is 19.3. The maximum atomic E-state index is 13.2. The Morgan fingerprint density at radius 2 is 2.17 bits per heavy atom. The molecule has 1 fully saturated rings. The predicted octanol–water partition coefficient (Wildman–Crippen LogP) is 3.45. The second kappa shape index (κ2) is 5.68. The van der Waals surface area contributed by atoms with Crippen LogP contribution in [0.5, 0.6) is 0 Å². The van der Waals surface area contributed by atoms with Crippen LogP contribution >= 0.6 is 15.9 Å². The van der Waals surface area contributed by atoms with Crippen molar-refractivity contribution in [1.82, 2.24) is 0 Å². The smallest absolute Gasteiger partial charge is 0.124 e. The van der Waals surface area contributed by atoms with Gasteiger partial charge in [0.1, 0.15) is 5.82 Å². The molecule has 1 unspecified atom stereocenters. The molecule has 1 aliphatic carbocycles. The molecule has 0 aliphatic heterocycles. The summed E-state index contributed by atoms with van der Waals surface area (Å²) in [6.07, 6.45) is 3.77. The van der Waals surface area contributed by atoms with Gasteiger partial charge in [-0.15, -0.1) is 0 Å². The Labute approximate surface area is 115 Å². The van der Waals surface area contributed by atoms with Crippen LogP contribution in [0.4, 0.5) is 4.39 Å². The highest BCUT2D eigenvalue weighted by atomic mass is 79.9. The topological polar surface area (TPSA) is 29.5 Å².